The Kier molecular flexibility index (Phi) is 5.50. The molecular formula is C11H15N3O6S. The molecule has 0 spiro atoms. The number of carboxylic acid groups (broad SMARTS) is 1. The predicted molar refractivity (Wildman–Crippen MR) is 74.9 cm³/mol. The quantitative estimate of drug-likeness (QED) is 0.571. The topological polar surface area (TPSA) is 148 Å². The number of anilines is 1. The fourth-order valence-electron chi connectivity index (χ4n) is 1.41. The summed E-state index contributed by atoms with van der Waals surface area (Å²) in [5, 5.41) is 18.4. The molecule has 2 amide bonds. The number of nitrogens with one attached hydrogen (secondary N) is 2. The number of ether oxygens (including phenoxy) is 1. The number of sulfonamides is 1. The summed E-state index contributed by atoms with van der Waals surface area (Å²) in [4.78, 5) is 22.6. The molecule has 0 bridgehead atoms. The molecular weight excluding hydrogens is 302 g/mol. The molecule has 1 rings (SSSR count). The summed E-state index contributed by atoms with van der Waals surface area (Å²) in [6.45, 7) is -0.191. The Hall–Kier alpha value is -2.33. The second-order valence-corrected chi connectivity index (χ2v) is 5.70. The summed E-state index contributed by atoms with van der Waals surface area (Å²) < 4.78 is 26.3. The molecule has 1 aromatic carbocycles. The smallest absolute Gasteiger partial charge is 0.337 e. The van der Waals surface area contributed by atoms with Crippen molar-refractivity contribution in [2.24, 2.45) is 5.14 Å². The number of hydrogen-bond acceptors (Lipinski definition) is 5. The lowest BCUT2D eigenvalue weighted by Gasteiger charge is -2.10. The van der Waals surface area contributed by atoms with E-state index in [0.29, 0.717) is 5.75 Å². The van der Waals surface area contributed by atoms with Crippen LogP contribution in [-0.2, 0) is 10.0 Å². The number of carbonyl (C=O) groups is 2. The van der Waals surface area contributed by atoms with Crippen molar-refractivity contribution in [1.82, 2.24) is 5.32 Å². The standard InChI is InChI=1S/C11H15N3O6S/c1-20-7-2-3-9(8(6-7)10(15)16)14-11(17)13-4-5-21(12,18)19/h2-3,6H,4-5H2,1H3,(H,15,16)(H2,12,18,19)(H2,13,14,17). The van der Waals surface area contributed by atoms with Gasteiger partial charge in [0.2, 0.25) is 10.0 Å². The predicted octanol–water partition coefficient (Wildman–Crippen LogP) is -0.197. The van der Waals surface area contributed by atoms with Crippen molar-refractivity contribution in [1.29, 1.82) is 0 Å². The summed E-state index contributed by atoms with van der Waals surface area (Å²) >= 11 is 0. The maximum absolute atomic E-state index is 11.5. The summed E-state index contributed by atoms with van der Waals surface area (Å²) in [6, 6.07) is 3.35. The van der Waals surface area contributed by atoms with E-state index in [1.807, 2.05) is 0 Å². The van der Waals surface area contributed by atoms with Gasteiger partial charge in [-0.3, -0.25) is 0 Å². The highest BCUT2D eigenvalue weighted by atomic mass is 32.2. The summed E-state index contributed by atoms with van der Waals surface area (Å²) in [7, 11) is -2.29. The molecule has 0 atom stereocenters. The second kappa shape index (κ2) is 6.90. The number of rotatable bonds is 6. The van der Waals surface area contributed by atoms with Crippen molar-refractivity contribution in [2.45, 2.75) is 0 Å². The van der Waals surface area contributed by atoms with E-state index in [2.05, 4.69) is 10.6 Å². The van der Waals surface area contributed by atoms with Gasteiger partial charge in [0.25, 0.3) is 0 Å². The number of methoxy groups -OCH3 is 1. The monoisotopic (exact) mass is 317 g/mol. The van der Waals surface area contributed by atoms with Crippen LogP contribution >= 0.6 is 0 Å². The summed E-state index contributed by atoms with van der Waals surface area (Å²) in [5.41, 5.74) is -0.104. The Balaban J connectivity index is 2.74. The molecule has 0 unspecified atom stereocenters. The zero-order valence-corrected chi connectivity index (χ0v) is 11.9. The van der Waals surface area contributed by atoms with Crippen LogP contribution in [0.2, 0.25) is 0 Å². The van der Waals surface area contributed by atoms with Crippen LogP contribution in [0.3, 0.4) is 0 Å². The maximum atomic E-state index is 11.5. The molecule has 10 heteroatoms. The zero-order valence-electron chi connectivity index (χ0n) is 11.1. The van der Waals surface area contributed by atoms with Gasteiger partial charge in [-0.25, -0.2) is 23.1 Å². The third kappa shape index (κ3) is 5.67. The Morgan fingerprint density at radius 2 is 2.05 bits per heavy atom. The highest BCUT2D eigenvalue weighted by molar-refractivity contribution is 7.89. The minimum atomic E-state index is -3.68. The fraction of sp³-hybridized carbons (Fsp3) is 0.273. The van der Waals surface area contributed by atoms with Gasteiger partial charge >= 0.3 is 12.0 Å². The molecule has 0 fully saturated rings. The highest BCUT2D eigenvalue weighted by Crippen LogP contribution is 2.21. The molecule has 21 heavy (non-hydrogen) atoms. The van der Waals surface area contributed by atoms with E-state index in [-0.39, 0.29) is 17.8 Å². The van der Waals surface area contributed by atoms with Gasteiger partial charge in [-0.15, -0.1) is 0 Å². The first-order chi connectivity index (χ1) is 9.73. The van der Waals surface area contributed by atoms with Gasteiger partial charge in [-0.2, -0.15) is 0 Å². The number of amides is 2. The van der Waals surface area contributed by atoms with Gasteiger partial charge in [0.15, 0.2) is 0 Å². The molecule has 5 N–H and O–H groups in total. The lowest BCUT2D eigenvalue weighted by atomic mass is 10.1. The minimum Gasteiger partial charge on any atom is -0.497 e. The molecule has 0 radical (unpaired) electrons. The first-order valence-electron chi connectivity index (χ1n) is 5.69. The van der Waals surface area contributed by atoms with E-state index < -0.39 is 27.8 Å². The van der Waals surface area contributed by atoms with E-state index in [4.69, 9.17) is 15.0 Å². The molecule has 0 aliphatic rings. The Morgan fingerprint density at radius 3 is 2.57 bits per heavy atom. The number of urea groups is 1. The minimum absolute atomic E-state index is 0.0522. The first kappa shape index (κ1) is 16.7. The average molecular weight is 317 g/mol. The molecule has 1 aromatic rings. The fourth-order valence-corrected chi connectivity index (χ4v) is 1.80. The molecule has 0 heterocycles. The van der Waals surface area contributed by atoms with E-state index in [0.717, 1.165) is 0 Å². The van der Waals surface area contributed by atoms with Crippen LogP contribution in [0.5, 0.6) is 5.75 Å². The number of aromatic carboxylic acids is 1. The Morgan fingerprint density at radius 1 is 1.38 bits per heavy atom. The molecule has 0 saturated heterocycles. The molecule has 0 aliphatic carbocycles. The molecule has 0 aromatic heterocycles. The Bertz CT molecular complexity index is 643. The summed E-state index contributed by atoms with van der Waals surface area (Å²) in [6.07, 6.45) is 0. The van der Waals surface area contributed by atoms with Gasteiger partial charge in [0, 0.05) is 6.54 Å². The van der Waals surface area contributed by atoms with Gasteiger partial charge in [0.1, 0.15) is 5.75 Å². The SMILES string of the molecule is COc1ccc(NC(=O)NCCS(N)(=O)=O)c(C(=O)O)c1. The molecule has 9 nitrogen and oxygen atoms in total. The number of carbonyl (C=O) groups excluding carboxylic acids is 1. The number of hydrogen-bond donors (Lipinski definition) is 4. The van der Waals surface area contributed by atoms with Crippen molar-refractivity contribution in [3.05, 3.63) is 23.8 Å². The Labute approximate surface area is 121 Å². The second-order valence-electron chi connectivity index (χ2n) is 3.96. The molecule has 0 saturated carbocycles. The number of primary sulfonamides is 1. The van der Waals surface area contributed by atoms with Crippen LogP contribution in [0, 0.1) is 0 Å². The van der Waals surface area contributed by atoms with Crippen LogP contribution in [0.25, 0.3) is 0 Å². The number of benzene rings is 1. The zero-order chi connectivity index (χ0) is 16.0. The molecule has 0 aliphatic heterocycles. The third-order valence-electron chi connectivity index (χ3n) is 2.38. The van der Waals surface area contributed by atoms with Crippen LogP contribution in [-0.4, -0.2) is 44.9 Å². The van der Waals surface area contributed by atoms with Crippen molar-refractivity contribution < 1.29 is 27.9 Å². The molecule has 116 valence electrons. The van der Waals surface area contributed by atoms with E-state index in [1.165, 1.54) is 25.3 Å². The van der Waals surface area contributed by atoms with Gasteiger partial charge in [0.05, 0.1) is 24.1 Å². The van der Waals surface area contributed by atoms with Crippen LogP contribution in [0.1, 0.15) is 10.4 Å². The van der Waals surface area contributed by atoms with E-state index >= 15 is 0 Å². The maximum Gasteiger partial charge on any atom is 0.337 e. The number of nitrogens with two attached hydrogens (primary N) is 1. The largest absolute Gasteiger partial charge is 0.497 e. The van der Waals surface area contributed by atoms with Gasteiger partial charge in [-0.05, 0) is 18.2 Å². The van der Waals surface area contributed by atoms with E-state index in [9.17, 15) is 18.0 Å². The van der Waals surface area contributed by atoms with Gasteiger partial charge in [-0.1, -0.05) is 0 Å². The van der Waals surface area contributed by atoms with E-state index in [1.54, 1.807) is 0 Å². The summed E-state index contributed by atoms with van der Waals surface area (Å²) in [5.74, 6) is -1.34. The first-order valence-corrected chi connectivity index (χ1v) is 7.41. The van der Waals surface area contributed by atoms with Crippen molar-refractivity contribution in [3.8, 4) is 5.75 Å². The third-order valence-corrected chi connectivity index (χ3v) is 3.15. The number of carboxylic acids is 1. The lowest BCUT2D eigenvalue weighted by Crippen LogP contribution is -2.34. The lowest BCUT2D eigenvalue weighted by molar-refractivity contribution is 0.0697. The normalized spacial score (nSPS) is 10.8. The highest BCUT2D eigenvalue weighted by Gasteiger charge is 2.14. The van der Waals surface area contributed by atoms with Crippen LogP contribution in [0.4, 0.5) is 10.5 Å². The average Bonchev–Trinajstić information content (AvgIpc) is 2.37. The van der Waals surface area contributed by atoms with Gasteiger partial charge < -0.3 is 20.5 Å². The van der Waals surface area contributed by atoms with Crippen molar-refractivity contribution in [2.75, 3.05) is 24.7 Å². The van der Waals surface area contributed by atoms with Crippen molar-refractivity contribution in [3.63, 3.8) is 0 Å². The van der Waals surface area contributed by atoms with Crippen LogP contribution < -0.4 is 20.5 Å². The van der Waals surface area contributed by atoms with Crippen molar-refractivity contribution >= 4 is 27.7 Å². The van der Waals surface area contributed by atoms with Crippen LogP contribution in [0.15, 0.2) is 18.2 Å².